The van der Waals surface area contributed by atoms with E-state index in [1.807, 2.05) is 17.0 Å². The predicted octanol–water partition coefficient (Wildman–Crippen LogP) is 2.50. The van der Waals surface area contributed by atoms with Gasteiger partial charge in [-0.1, -0.05) is 42.5 Å². The quantitative estimate of drug-likeness (QED) is 0.943. The number of carbonyl (C=O) groups excluding carboxylic acids is 2. The molecular weight excluding hydrogens is 288 g/mol. The molecule has 23 heavy (non-hydrogen) atoms. The highest BCUT2D eigenvalue weighted by Crippen LogP contribution is 2.19. The molecule has 1 heterocycles. The molecule has 0 aromatic heterocycles. The molecule has 1 aliphatic heterocycles. The van der Waals surface area contributed by atoms with Gasteiger partial charge in [-0.2, -0.15) is 0 Å². The molecule has 2 aromatic rings. The van der Waals surface area contributed by atoms with Gasteiger partial charge >= 0.3 is 0 Å². The molecule has 4 heteroatoms. The van der Waals surface area contributed by atoms with E-state index in [0.29, 0.717) is 32.4 Å². The number of benzene rings is 2. The predicted molar refractivity (Wildman–Crippen MR) is 90.8 cm³/mol. The summed E-state index contributed by atoms with van der Waals surface area (Å²) in [7, 11) is 0. The van der Waals surface area contributed by atoms with Crippen molar-refractivity contribution in [1.29, 1.82) is 0 Å². The van der Waals surface area contributed by atoms with Crippen LogP contribution in [0.25, 0.3) is 10.8 Å². The van der Waals surface area contributed by atoms with Crippen LogP contribution in [0.2, 0.25) is 0 Å². The molecule has 2 N–H and O–H groups in total. The topological polar surface area (TPSA) is 63.4 Å². The fourth-order valence-electron chi connectivity index (χ4n) is 3.22. The van der Waals surface area contributed by atoms with Crippen LogP contribution in [-0.4, -0.2) is 29.8 Å². The van der Waals surface area contributed by atoms with E-state index < -0.39 is 0 Å². The van der Waals surface area contributed by atoms with Gasteiger partial charge in [0.25, 0.3) is 0 Å². The van der Waals surface area contributed by atoms with E-state index >= 15 is 0 Å². The van der Waals surface area contributed by atoms with E-state index in [4.69, 9.17) is 5.73 Å². The molecule has 3 rings (SSSR count). The number of piperidine rings is 1. The van der Waals surface area contributed by atoms with Crippen molar-refractivity contribution in [2.75, 3.05) is 13.1 Å². The van der Waals surface area contributed by atoms with Crippen LogP contribution in [0.4, 0.5) is 0 Å². The third-order valence-corrected chi connectivity index (χ3v) is 4.69. The minimum absolute atomic E-state index is 0.0699. The van der Waals surface area contributed by atoms with Gasteiger partial charge in [-0.3, -0.25) is 9.59 Å². The molecule has 0 spiro atoms. The lowest BCUT2D eigenvalue weighted by atomic mass is 9.96. The number of hydrogen-bond acceptors (Lipinski definition) is 2. The molecule has 2 amide bonds. The zero-order valence-electron chi connectivity index (χ0n) is 13.2. The Morgan fingerprint density at radius 1 is 1.04 bits per heavy atom. The average Bonchev–Trinajstić information content (AvgIpc) is 2.59. The Morgan fingerprint density at radius 2 is 1.74 bits per heavy atom. The fourth-order valence-corrected chi connectivity index (χ4v) is 3.22. The summed E-state index contributed by atoms with van der Waals surface area (Å²) in [6.07, 6.45) is 2.65. The van der Waals surface area contributed by atoms with E-state index in [1.165, 1.54) is 16.3 Å². The summed E-state index contributed by atoms with van der Waals surface area (Å²) >= 11 is 0. The van der Waals surface area contributed by atoms with Crippen molar-refractivity contribution in [2.24, 2.45) is 11.7 Å². The van der Waals surface area contributed by atoms with Crippen molar-refractivity contribution >= 4 is 22.6 Å². The zero-order chi connectivity index (χ0) is 16.2. The summed E-state index contributed by atoms with van der Waals surface area (Å²) in [5.74, 6) is -0.145. The first-order chi connectivity index (χ1) is 11.1. The van der Waals surface area contributed by atoms with Gasteiger partial charge in [0, 0.05) is 25.4 Å². The molecule has 4 nitrogen and oxygen atoms in total. The first kappa shape index (κ1) is 15.5. The first-order valence-corrected chi connectivity index (χ1v) is 8.18. The minimum Gasteiger partial charge on any atom is -0.369 e. The maximum absolute atomic E-state index is 12.3. The maximum Gasteiger partial charge on any atom is 0.222 e. The van der Waals surface area contributed by atoms with Crippen molar-refractivity contribution in [2.45, 2.75) is 25.7 Å². The monoisotopic (exact) mass is 310 g/mol. The number of aryl methyl sites for hydroxylation is 1. The van der Waals surface area contributed by atoms with Gasteiger partial charge in [0.1, 0.15) is 0 Å². The smallest absolute Gasteiger partial charge is 0.222 e. The van der Waals surface area contributed by atoms with Gasteiger partial charge in [-0.25, -0.2) is 0 Å². The summed E-state index contributed by atoms with van der Waals surface area (Å²) < 4.78 is 0. The maximum atomic E-state index is 12.3. The number of primary amides is 1. The Balaban J connectivity index is 1.55. The van der Waals surface area contributed by atoms with E-state index in [2.05, 4.69) is 30.3 Å². The van der Waals surface area contributed by atoms with Crippen molar-refractivity contribution in [3.63, 3.8) is 0 Å². The van der Waals surface area contributed by atoms with Gasteiger partial charge in [-0.15, -0.1) is 0 Å². The number of likely N-dealkylation sites (tertiary alicyclic amines) is 1. The Kier molecular flexibility index (Phi) is 4.60. The van der Waals surface area contributed by atoms with E-state index in [0.717, 1.165) is 6.42 Å². The van der Waals surface area contributed by atoms with Gasteiger partial charge in [0.05, 0.1) is 0 Å². The largest absolute Gasteiger partial charge is 0.369 e. The van der Waals surface area contributed by atoms with Crippen molar-refractivity contribution in [3.05, 3.63) is 48.0 Å². The molecule has 120 valence electrons. The summed E-state index contributed by atoms with van der Waals surface area (Å²) in [4.78, 5) is 25.4. The standard InChI is InChI=1S/C19H22N2O2/c20-19(23)16-9-11-21(12-10-16)18(22)8-6-14-5-7-15-3-1-2-4-17(15)13-14/h1-5,7,13,16H,6,8-12H2,(H2,20,23). The van der Waals surface area contributed by atoms with Crippen molar-refractivity contribution < 1.29 is 9.59 Å². The summed E-state index contributed by atoms with van der Waals surface area (Å²) in [5, 5.41) is 2.43. The first-order valence-electron chi connectivity index (χ1n) is 8.18. The third kappa shape index (κ3) is 3.70. The highest BCUT2D eigenvalue weighted by Gasteiger charge is 2.25. The van der Waals surface area contributed by atoms with Crippen LogP contribution in [0.3, 0.4) is 0 Å². The molecule has 0 aliphatic carbocycles. The second kappa shape index (κ2) is 6.82. The lowest BCUT2D eigenvalue weighted by Crippen LogP contribution is -2.41. The molecular formula is C19H22N2O2. The molecule has 0 atom stereocenters. The Labute approximate surface area is 136 Å². The van der Waals surface area contributed by atoms with Gasteiger partial charge in [0.2, 0.25) is 11.8 Å². The number of rotatable bonds is 4. The number of amides is 2. The van der Waals surface area contributed by atoms with Crippen LogP contribution >= 0.6 is 0 Å². The number of nitrogens with zero attached hydrogens (tertiary/aromatic N) is 1. The molecule has 1 fully saturated rings. The van der Waals surface area contributed by atoms with Gasteiger partial charge < -0.3 is 10.6 Å². The van der Waals surface area contributed by atoms with Gasteiger partial charge in [0.15, 0.2) is 0 Å². The molecule has 0 saturated carbocycles. The van der Waals surface area contributed by atoms with Crippen molar-refractivity contribution in [3.8, 4) is 0 Å². The normalized spacial score (nSPS) is 15.7. The van der Waals surface area contributed by atoms with E-state index in [9.17, 15) is 9.59 Å². The van der Waals surface area contributed by atoms with E-state index in [1.54, 1.807) is 0 Å². The average molecular weight is 310 g/mol. The summed E-state index contributed by atoms with van der Waals surface area (Å²) in [6.45, 7) is 1.29. The zero-order valence-corrected chi connectivity index (χ0v) is 13.2. The third-order valence-electron chi connectivity index (χ3n) is 4.69. The Morgan fingerprint density at radius 3 is 2.43 bits per heavy atom. The summed E-state index contributed by atoms with van der Waals surface area (Å²) in [5.41, 5.74) is 6.51. The molecule has 2 aromatic carbocycles. The molecule has 0 unspecified atom stereocenters. The van der Waals surface area contributed by atoms with Crippen LogP contribution < -0.4 is 5.73 Å². The Hall–Kier alpha value is -2.36. The highest BCUT2D eigenvalue weighted by molar-refractivity contribution is 5.83. The van der Waals surface area contributed by atoms with Gasteiger partial charge in [-0.05, 0) is 35.6 Å². The lowest BCUT2D eigenvalue weighted by molar-refractivity contribution is -0.134. The van der Waals surface area contributed by atoms with Crippen molar-refractivity contribution in [1.82, 2.24) is 4.90 Å². The lowest BCUT2D eigenvalue weighted by Gasteiger charge is -2.30. The highest BCUT2D eigenvalue weighted by atomic mass is 16.2. The fraction of sp³-hybridized carbons (Fsp3) is 0.368. The Bertz CT molecular complexity index is 718. The van der Waals surface area contributed by atoms with Crippen LogP contribution in [0.1, 0.15) is 24.8 Å². The van der Waals surface area contributed by atoms with Crippen LogP contribution in [0.15, 0.2) is 42.5 Å². The van der Waals surface area contributed by atoms with E-state index in [-0.39, 0.29) is 17.7 Å². The molecule has 1 saturated heterocycles. The number of nitrogens with two attached hydrogens (primary N) is 1. The number of fused-ring (bicyclic) bond motifs is 1. The second-order valence-corrected chi connectivity index (χ2v) is 6.24. The minimum atomic E-state index is -0.242. The number of hydrogen-bond donors (Lipinski definition) is 1. The van der Waals surface area contributed by atoms with Crippen LogP contribution in [-0.2, 0) is 16.0 Å². The van der Waals surface area contributed by atoms with Crippen LogP contribution in [0, 0.1) is 5.92 Å². The molecule has 0 bridgehead atoms. The second-order valence-electron chi connectivity index (χ2n) is 6.24. The van der Waals surface area contributed by atoms with Crippen LogP contribution in [0.5, 0.6) is 0 Å². The molecule has 0 radical (unpaired) electrons. The number of carbonyl (C=O) groups is 2. The SMILES string of the molecule is NC(=O)C1CCN(C(=O)CCc2ccc3ccccc3c2)CC1. The summed E-state index contributed by atoms with van der Waals surface area (Å²) in [6, 6.07) is 14.6. The molecule has 1 aliphatic rings.